The number of anilines is 1. The standard InChI is InChI=1S/C19H13BrClIN4O3/c20-15-8-13(10-24-25-19-17(26(27)28)2-1-7-23-19)9-16(21)18(15)29-11-12-3-5-14(22)6-4-12/h1-10H,11H2,(H,23,25)/b24-10-. The van der Waals surface area contributed by atoms with Crippen molar-refractivity contribution in [2.45, 2.75) is 6.61 Å². The Hall–Kier alpha value is -2.24. The molecule has 0 saturated heterocycles. The van der Waals surface area contributed by atoms with Crippen LogP contribution in [0.3, 0.4) is 0 Å². The molecule has 0 radical (unpaired) electrons. The van der Waals surface area contributed by atoms with Gasteiger partial charge in [0.05, 0.1) is 20.6 Å². The maximum Gasteiger partial charge on any atom is 0.313 e. The number of nitro groups is 1. The highest BCUT2D eigenvalue weighted by atomic mass is 127. The number of ether oxygens (including phenoxy) is 1. The molecule has 0 amide bonds. The van der Waals surface area contributed by atoms with Crippen molar-refractivity contribution in [3.63, 3.8) is 0 Å². The van der Waals surface area contributed by atoms with Crippen LogP contribution in [0.15, 0.2) is 64.3 Å². The van der Waals surface area contributed by atoms with Gasteiger partial charge in [0.1, 0.15) is 6.61 Å². The number of benzene rings is 2. The van der Waals surface area contributed by atoms with Gasteiger partial charge in [-0.15, -0.1) is 0 Å². The molecule has 0 aliphatic carbocycles. The zero-order valence-corrected chi connectivity index (χ0v) is 19.2. The van der Waals surface area contributed by atoms with Gasteiger partial charge in [-0.05, 0) is 80.0 Å². The third-order valence-corrected chi connectivity index (χ3v) is 5.27. The fraction of sp³-hybridized carbons (Fsp3) is 0.0526. The minimum absolute atomic E-state index is 0.0522. The van der Waals surface area contributed by atoms with Gasteiger partial charge in [0.2, 0.25) is 5.82 Å². The molecular formula is C19H13BrClIN4O3. The number of rotatable bonds is 7. The van der Waals surface area contributed by atoms with E-state index in [-0.39, 0.29) is 11.5 Å². The highest BCUT2D eigenvalue weighted by Gasteiger charge is 2.13. The summed E-state index contributed by atoms with van der Waals surface area (Å²) in [5, 5.41) is 15.4. The quantitative estimate of drug-likeness (QED) is 0.158. The van der Waals surface area contributed by atoms with Gasteiger partial charge >= 0.3 is 5.69 Å². The summed E-state index contributed by atoms with van der Waals surface area (Å²) >= 11 is 12.1. The average Bonchev–Trinajstić information content (AvgIpc) is 2.69. The van der Waals surface area contributed by atoms with E-state index in [0.717, 1.165) is 9.13 Å². The summed E-state index contributed by atoms with van der Waals surface area (Å²) in [5.41, 5.74) is 4.11. The van der Waals surface area contributed by atoms with Gasteiger partial charge in [0, 0.05) is 15.8 Å². The van der Waals surface area contributed by atoms with Crippen molar-refractivity contribution in [2.75, 3.05) is 5.43 Å². The summed E-state index contributed by atoms with van der Waals surface area (Å²) in [6.07, 6.45) is 2.93. The molecular weight excluding hydrogens is 574 g/mol. The predicted molar refractivity (Wildman–Crippen MR) is 125 cm³/mol. The molecule has 0 spiro atoms. The van der Waals surface area contributed by atoms with Gasteiger partial charge in [-0.2, -0.15) is 5.10 Å². The predicted octanol–water partition coefficient (Wildman–Crippen LogP) is 6.04. The van der Waals surface area contributed by atoms with Gasteiger partial charge in [-0.1, -0.05) is 23.7 Å². The first-order valence-electron chi connectivity index (χ1n) is 8.19. The number of nitrogens with one attached hydrogen (secondary N) is 1. The van der Waals surface area contributed by atoms with E-state index in [4.69, 9.17) is 16.3 Å². The van der Waals surface area contributed by atoms with E-state index in [9.17, 15) is 10.1 Å². The second kappa shape index (κ2) is 9.99. The van der Waals surface area contributed by atoms with E-state index in [2.05, 4.69) is 54.0 Å². The number of nitrogens with zero attached hydrogens (tertiary/aromatic N) is 3. The van der Waals surface area contributed by atoms with E-state index in [1.807, 2.05) is 24.3 Å². The Labute approximate surface area is 193 Å². The Morgan fingerprint density at radius 3 is 2.76 bits per heavy atom. The summed E-state index contributed by atoms with van der Waals surface area (Å²) < 4.78 is 7.66. The summed E-state index contributed by atoms with van der Waals surface area (Å²) in [6.45, 7) is 0.383. The molecule has 1 N–H and O–H groups in total. The van der Waals surface area contributed by atoms with E-state index in [1.165, 1.54) is 24.5 Å². The summed E-state index contributed by atoms with van der Waals surface area (Å²) in [5.74, 6) is 0.576. The zero-order chi connectivity index (χ0) is 20.8. The number of aromatic nitrogens is 1. The second-order valence-electron chi connectivity index (χ2n) is 5.73. The van der Waals surface area contributed by atoms with Crippen LogP contribution in [0, 0.1) is 13.7 Å². The number of hydrogen-bond donors (Lipinski definition) is 1. The maximum absolute atomic E-state index is 11.0. The van der Waals surface area contributed by atoms with Gasteiger partial charge in [0.25, 0.3) is 0 Å². The smallest absolute Gasteiger partial charge is 0.313 e. The molecule has 10 heteroatoms. The zero-order valence-electron chi connectivity index (χ0n) is 14.7. The third-order valence-electron chi connectivity index (χ3n) is 3.68. The highest BCUT2D eigenvalue weighted by molar-refractivity contribution is 14.1. The van der Waals surface area contributed by atoms with Crippen molar-refractivity contribution in [1.29, 1.82) is 0 Å². The Morgan fingerprint density at radius 1 is 1.31 bits per heavy atom. The second-order valence-corrected chi connectivity index (χ2v) is 8.23. The van der Waals surface area contributed by atoms with Crippen molar-refractivity contribution in [2.24, 2.45) is 5.10 Å². The fourth-order valence-corrected chi connectivity index (χ4v) is 3.67. The van der Waals surface area contributed by atoms with E-state index in [0.29, 0.717) is 27.4 Å². The van der Waals surface area contributed by atoms with Crippen molar-refractivity contribution in [3.05, 3.63) is 89.0 Å². The van der Waals surface area contributed by atoms with E-state index in [1.54, 1.807) is 12.1 Å². The topological polar surface area (TPSA) is 89.7 Å². The Kier molecular flexibility index (Phi) is 7.40. The number of hydrazone groups is 1. The Balaban J connectivity index is 1.69. The van der Waals surface area contributed by atoms with Gasteiger partial charge in [-0.3, -0.25) is 15.5 Å². The van der Waals surface area contributed by atoms with E-state index < -0.39 is 4.92 Å². The third kappa shape index (κ3) is 5.87. The van der Waals surface area contributed by atoms with Crippen molar-refractivity contribution in [3.8, 4) is 5.75 Å². The van der Waals surface area contributed by atoms with Crippen LogP contribution in [0.1, 0.15) is 11.1 Å². The normalized spacial score (nSPS) is 10.9. The Morgan fingerprint density at radius 2 is 2.07 bits per heavy atom. The molecule has 0 aliphatic heterocycles. The molecule has 1 aromatic heterocycles. The first-order chi connectivity index (χ1) is 13.9. The van der Waals surface area contributed by atoms with Crippen LogP contribution in [0.2, 0.25) is 5.02 Å². The van der Waals surface area contributed by atoms with Crippen LogP contribution in [-0.2, 0) is 6.61 Å². The van der Waals surface area contributed by atoms with Crippen LogP contribution in [0.4, 0.5) is 11.5 Å². The largest absolute Gasteiger partial charge is 0.486 e. The fourth-order valence-electron chi connectivity index (χ4n) is 2.33. The lowest BCUT2D eigenvalue weighted by Crippen LogP contribution is -2.00. The van der Waals surface area contributed by atoms with Gasteiger partial charge < -0.3 is 4.74 Å². The molecule has 3 aromatic rings. The van der Waals surface area contributed by atoms with Crippen molar-refractivity contribution in [1.82, 2.24) is 4.98 Å². The Bertz CT molecular complexity index is 1040. The lowest BCUT2D eigenvalue weighted by molar-refractivity contribution is -0.384. The van der Waals surface area contributed by atoms with Crippen molar-refractivity contribution >= 4 is 67.8 Å². The monoisotopic (exact) mass is 586 g/mol. The summed E-state index contributed by atoms with van der Waals surface area (Å²) in [6, 6.07) is 14.3. The molecule has 3 rings (SSSR count). The molecule has 0 atom stereocenters. The molecule has 1 heterocycles. The lowest BCUT2D eigenvalue weighted by atomic mass is 10.2. The molecule has 0 aliphatic rings. The molecule has 0 unspecified atom stereocenters. The number of halogens is 3. The molecule has 7 nitrogen and oxygen atoms in total. The number of pyridine rings is 1. The molecule has 2 aromatic carbocycles. The number of hydrogen-bond acceptors (Lipinski definition) is 6. The first-order valence-corrected chi connectivity index (χ1v) is 10.4. The lowest BCUT2D eigenvalue weighted by Gasteiger charge is -2.11. The average molecular weight is 588 g/mol. The maximum atomic E-state index is 11.0. The van der Waals surface area contributed by atoms with Gasteiger partial charge in [-0.25, -0.2) is 4.98 Å². The minimum atomic E-state index is -0.530. The van der Waals surface area contributed by atoms with Crippen LogP contribution in [0.25, 0.3) is 0 Å². The SMILES string of the molecule is O=[N+]([O-])c1cccnc1N/N=C\c1cc(Cl)c(OCc2ccc(I)cc2)c(Br)c1. The first kappa shape index (κ1) is 21.5. The van der Waals surface area contributed by atoms with E-state index >= 15 is 0 Å². The van der Waals surface area contributed by atoms with Crippen LogP contribution < -0.4 is 10.2 Å². The molecule has 0 saturated carbocycles. The van der Waals surface area contributed by atoms with Crippen molar-refractivity contribution < 1.29 is 9.66 Å². The van der Waals surface area contributed by atoms with Gasteiger partial charge in [0.15, 0.2) is 5.75 Å². The molecule has 148 valence electrons. The van der Waals surface area contributed by atoms with Crippen LogP contribution in [0.5, 0.6) is 5.75 Å². The molecule has 0 fully saturated rings. The van der Waals surface area contributed by atoms with Crippen LogP contribution in [-0.4, -0.2) is 16.1 Å². The summed E-state index contributed by atoms with van der Waals surface area (Å²) in [7, 11) is 0. The summed E-state index contributed by atoms with van der Waals surface area (Å²) in [4.78, 5) is 14.4. The minimum Gasteiger partial charge on any atom is -0.486 e. The highest BCUT2D eigenvalue weighted by Crippen LogP contribution is 2.34. The van der Waals surface area contributed by atoms with Crippen LogP contribution >= 0.6 is 50.1 Å². The molecule has 0 bridgehead atoms. The molecule has 29 heavy (non-hydrogen) atoms.